The van der Waals surface area contributed by atoms with Crippen LogP contribution in [0.5, 0.6) is 0 Å². The smallest absolute Gasteiger partial charge is 0.0317 e. The monoisotopic (exact) mass is 136 g/mol. The third-order valence-corrected chi connectivity index (χ3v) is 3.71. The summed E-state index contributed by atoms with van der Waals surface area (Å²) in [4.78, 5) is 0. The Kier molecular flexibility index (Phi) is 1.36. The van der Waals surface area contributed by atoms with Crippen LogP contribution in [0.3, 0.4) is 0 Å². The molecule has 0 aromatic rings. The minimum atomic E-state index is 0.995. The predicted molar refractivity (Wildman–Crippen MR) is 43.7 cm³/mol. The largest absolute Gasteiger partial charge is 0.0882 e. The molecular weight excluding hydrogens is 120 g/mol. The van der Waals surface area contributed by atoms with Gasteiger partial charge in [0, 0.05) is 0 Å². The van der Waals surface area contributed by atoms with Gasteiger partial charge in [-0.2, -0.15) is 0 Å². The number of allylic oxidation sites excluding steroid dienone is 2. The molecule has 0 nitrogen and oxygen atoms in total. The van der Waals surface area contributed by atoms with Gasteiger partial charge in [-0.15, -0.1) is 0 Å². The van der Waals surface area contributed by atoms with Crippen LogP contribution in [0, 0.1) is 23.7 Å². The fourth-order valence-corrected chi connectivity index (χ4v) is 2.70. The molecule has 0 saturated heterocycles. The highest BCUT2D eigenvalue weighted by molar-refractivity contribution is 5.04. The normalized spacial score (nSPS) is 51.8. The van der Waals surface area contributed by atoms with Gasteiger partial charge in [-0.1, -0.05) is 26.0 Å². The van der Waals surface area contributed by atoms with Crippen LogP contribution in [-0.2, 0) is 0 Å². The summed E-state index contributed by atoms with van der Waals surface area (Å²) < 4.78 is 0. The standard InChI is InChI=1S/C10H16/c1-7-8(2)10-6-4-3-5-9(7)10/h3-4,7-10H,5-6H2,1-2H3. The van der Waals surface area contributed by atoms with Crippen molar-refractivity contribution in [1.82, 2.24) is 0 Å². The minimum absolute atomic E-state index is 0.995. The molecule has 4 unspecified atom stereocenters. The van der Waals surface area contributed by atoms with Crippen LogP contribution in [0.1, 0.15) is 26.7 Å². The summed E-state index contributed by atoms with van der Waals surface area (Å²) in [5.74, 6) is 4.07. The number of hydrogen-bond acceptors (Lipinski definition) is 0. The Labute approximate surface area is 63.3 Å². The highest BCUT2D eigenvalue weighted by Gasteiger charge is 2.43. The zero-order valence-corrected chi connectivity index (χ0v) is 6.88. The van der Waals surface area contributed by atoms with Crippen LogP contribution in [-0.4, -0.2) is 0 Å². The Hall–Kier alpha value is -0.260. The van der Waals surface area contributed by atoms with E-state index < -0.39 is 0 Å². The Morgan fingerprint density at radius 1 is 0.900 bits per heavy atom. The van der Waals surface area contributed by atoms with E-state index >= 15 is 0 Å². The average molecular weight is 136 g/mol. The number of hydrogen-bond donors (Lipinski definition) is 0. The van der Waals surface area contributed by atoms with E-state index in [2.05, 4.69) is 26.0 Å². The van der Waals surface area contributed by atoms with Gasteiger partial charge in [0.1, 0.15) is 0 Å². The van der Waals surface area contributed by atoms with E-state index in [0.717, 1.165) is 23.7 Å². The lowest BCUT2D eigenvalue weighted by atomic mass is 9.54. The maximum absolute atomic E-state index is 2.41. The second kappa shape index (κ2) is 2.11. The fourth-order valence-electron chi connectivity index (χ4n) is 2.70. The Morgan fingerprint density at radius 2 is 1.30 bits per heavy atom. The molecule has 0 aliphatic heterocycles. The van der Waals surface area contributed by atoms with Crippen molar-refractivity contribution in [2.24, 2.45) is 23.7 Å². The van der Waals surface area contributed by atoms with Crippen molar-refractivity contribution >= 4 is 0 Å². The van der Waals surface area contributed by atoms with E-state index in [0.29, 0.717) is 0 Å². The Balaban J connectivity index is 2.08. The lowest BCUT2D eigenvalue weighted by Gasteiger charge is -2.50. The van der Waals surface area contributed by atoms with E-state index in [1.54, 1.807) is 0 Å². The van der Waals surface area contributed by atoms with Gasteiger partial charge in [0.15, 0.2) is 0 Å². The Morgan fingerprint density at radius 3 is 1.70 bits per heavy atom. The second-order valence-electron chi connectivity index (χ2n) is 3.99. The molecule has 0 heterocycles. The lowest BCUT2D eigenvalue weighted by Crippen LogP contribution is -2.44. The molecule has 2 aliphatic carbocycles. The van der Waals surface area contributed by atoms with Crippen LogP contribution in [0.2, 0.25) is 0 Å². The quantitative estimate of drug-likeness (QED) is 0.449. The third-order valence-electron chi connectivity index (χ3n) is 3.71. The maximum atomic E-state index is 2.41. The zero-order valence-electron chi connectivity index (χ0n) is 6.88. The highest BCUT2D eigenvalue weighted by atomic mass is 14.5. The summed E-state index contributed by atoms with van der Waals surface area (Å²) >= 11 is 0. The first-order chi connectivity index (χ1) is 4.80. The van der Waals surface area contributed by atoms with Gasteiger partial charge in [0.25, 0.3) is 0 Å². The van der Waals surface area contributed by atoms with Crippen LogP contribution in [0.15, 0.2) is 12.2 Å². The van der Waals surface area contributed by atoms with Gasteiger partial charge in [0.05, 0.1) is 0 Å². The highest BCUT2D eigenvalue weighted by Crippen LogP contribution is 2.51. The van der Waals surface area contributed by atoms with E-state index in [1.165, 1.54) is 12.8 Å². The van der Waals surface area contributed by atoms with Gasteiger partial charge in [-0.25, -0.2) is 0 Å². The molecule has 0 aromatic heterocycles. The molecule has 56 valence electrons. The molecular formula is C10H16. The SMILES string of the molecule is CC1C(C)C2CC=CCC12. The molecule has 0 bridgehead atoms. The maximum Gasteiger partial charge on any atom is -0.0317 e. The lowest BCUT2D eigenvalue weighted by molar-refractivity contribution is 0.00126. The molecule has 0 radical (unpaired) electrons. The van der Waals surface area contributed by atoms with Crippen molar-refractivity contribution < 1.29 is 0 Å². The molecule has 4 atom stereocenters. The van der Waals surface area contributed by atoms with Gasteiger partial charge >= 0.3 is 0 Å². The second-order valence-corrected chi connectivity index (χ2v) is 3.99. The molecule has 2 aliphatic rings. The molecule has 10 heavy (non-hydrogen) atoms. The van der Waals surface area contributed by atoms with Crippen molar-refractivity contribution in [2.45, 2.75) is 26.7 Å². The average Bonchev–Trinajstić information content (AvgIpc) is 2.03. The first-order valence-corrected chi connectivity index (χ1v) is 4.45. The van der Waals surface area contributed by atoms with E-state index in [-0.39, 0.29) is 0 Å². The van der Waals surface area contributed by atoms with Crippen LogP contribution < -0.4 is 0 Å². The molecule has 0 N–H and O–H groups in total. The first kappa shape index (κ1) is 6.45. The zero-order chi connectivity index (χ0) is 7.14. The van der Waals surface area contributed by atoms with Crippen molar-refractivity contribution in [1.29, 1.82) is 0 Å². The summed E-state index contributed by atoms with van der Waals surface area (Å²) in [6.07, 6.45) is 7.44. The first-order valence-electron chi connectivity index (χ1n) is 4.45. The predicted octanol–water partition coefficient (Wildman–Crippen LogP) is 2.85. The number of fused-ring (bicyclic) bond motifs is 1. The molecule has 1 fully saturated rings. The molecule has 0 aromatic carbocycles. The van der Waals surface area contributed by atoms with Crippen LogP contribution in [0.4, 0.5) is 0 Å². The van der Waals surface area contributed by atoms with E-state index in [9.17, 15) is 0 Å². The third kappa shape index (κ3) is 0.680. The van der Waals surface area contributed by atoms with Crippen molar-refractivity contribution in [3.63, 3.8) is 0 Å². The summed E-state index contributed by atoms with van der Waals surface area (Å²) in [7, 11) is 0. The summed E-state index contributed by atoms with van der Waals surface area (Å²) in [5.41, 5.74) is 0. The van der Waals surface area contributed by atoms with Gasteiger partial charge in [-0.3, -0.25) is 0 Å². The molecule has 2 rings (SSSR count). The van der Waals surface area contributed by atoms with Crippen LogP contribution >= 0.6 is 0 Å². The molecule has 0 amide bonds. The van der Waals surface area contributed by atoms with Crippen molar-refractivity contribution in [3.05, 3.63) is 12.2 Å². The number of rotatable bonds is 0. The van der Waals surface area contributed by atoms with Crippen LogP contribution in [0.25, 0.3) is 0 Å². The molecule has 0 heteroatoms. The minimum Gasteiger partial charge on any atom is -0.0882 e. The van der Waals surface area contributed by atoms with Gasteiger partial charge < -0.3 is 0 Å². The Bertz CT molecular complexity index is 139. The van der Waals surface area contributed by atoms with Gasteiger partial charge in [-0.05, 0) is 36.5 Å². The van der Waals surface area contributed by atoms with E-state index in [4.69, 9.17) is 0 Å². The molecule has 1 saturated carbocycles. The fraction of sp³-hybridized carbons (Fsp3) is 0.800. The molecule has 0 spiro atoms. The van der Waals surface area contributed by atoms with E-state index in [1.807, 2.05) is 0 Å². The summed E-state index contributed by atoms with van der Waals surface area (Å²) in [6, 6.07) is 0. The topological polar surface area (TPSA) is 0 Å². The van der Waals surface area contributed by atoms with Crippen molar-refractivity contribution in [3.8, 4) is 0 Å². The summed E-state index contributed by atoms with van der Waals surface area (Å²) in [6.45, 7) is 4.82. The van der Waals surface area contributed by atoms with Crippen molar-refractivity contribution in [2.75, 3.05) is 0 Å². The summed E-state index contributed by atoms with van der Waals surface area (Å²) in [5, 5.41) is 0. The van der Waals surface area contributed by atoms with Gasteiger partial charge in [0.2, 0.25) is 0 Å².